The van der Waals surface area contributed by atoms with Crippen LogP contribution in [0.3, 0.4) is 0 Å². The Morgan fingerprint density at radius 1 is 0.833 bits per heavy atom. The predicted molar refractivity (Wildman–Crippen MR) is 98.1 cm³/mol. The zero-order valence-electron chi connectivity index (χ0n) is 14.5. The van der Waals surface area contributed by atoms with E-state index in [2.05, 4.69) is 34.3 Å². The summed E-state index contributed by atoms with van der Waals surface area (Å²) in [6.07, 6.45) is 13.0. The van der Waals surface area contributed by atoms with Gasteiger partial charge >= 0.3 is 0 Å². The molecule has 1 heterocycles. The molecular formula is C20H28N4. The van der Waals surface area contributed by atoms with Gasteiger partial charge in [-0.2, -0.15) is 4.98 Å². The Hall–Kier alpha value is -1.84. The summed E-state index contributed by atoms with van der Waals surface area (Å²) in [6, 6.07) is 11.4. The summed E-state index contributed by atoms with van der Waals surface area (Å²) in [4.78, 5) is 4.89. The van der Waals surface area contributed by atoms with E-state index in [0.29, 0.717) is 12.1 Å². The van der Waals surface area contributed by atoms with Gasteiger partial charge in [-0.05, 0) is 25.7 Å². The Morgan fingerprint density at radius 2 is 1.50 bits per heavy atom. The van der Waals surface area contributed by atoms with E-state index in [0.717, 1.165) is 17.3 Å². The molecule has 1 aromatic carbocycles. The van der Waals surface area contributed by atoms with Crippen LogP contribution in [0.15, 0.2) is 30.3 Å². The molecule has 2 fully saturated rings. The van der Waals surface area contributed by atoms with Crippen molar-refractivity contribution in [3.05, 3.63) is 30.3 Å². The van der Waals surface area contributed by atoms with E-state index in [4.69, 9.17) is 10.1 Å². The van der Waals surface area contributed by atoms with Gasteiger partial charge in [-0.1, -0.05) is 68.9 Å². The van der Waals surface area contributed by atoms with E-state index < -0.39 is 0 Å². The number of rotatable bonds is 4. The third kappa shape index (κ3) is 3.47. The lowest BCUT2D eigenvalue weighted by Gasteiger charge is -2.26. The SMILES string of the molecule is c1ccc(-c2nc(NC3CCCCC3)n(C3CCCCC3)n2)cc1. The van der Waals surface area contributed by atoms with Crippen LogP contribution < -0.4 is 5.32 Å². The summed E-state index contributed by atoms with van der Waals surface area (Å²) in [5.74, 6) is 1.85. The van der Waals surface area contributed by atoms with E-state index in [9.17, 15) is 0 Å². The van der Waals surface area contributed by atoms with Gasteiger partial charge in [0.05, 0.1) is 6.04 Å². The number of aromatic nitrogens is 3. The molecule has 0 aliphatic heterocycles. The first kappa shape index (κ1) is 15.7. The van der Waals surface area contributed by atoms with Gasteiger partial charge < -0.3 is 5.32 Å². The highest BCUT2D eigenvalue weighted by molar-refractivity contribution is 5.56. The molecule has 0 bridgehead atoms. The van der Waals surface area contributed by atoms with Crippen LogP contribution in [0.25, 0.3) is 11.4 Å². The standard InChI is InChI=1S/C20H28N4/c1-4-10-16(11-5-1)19-22-20(21-17-12-6-2-7-13-17)24(23-19)18-14-8-3-9-15-18/h1,4-5,10-11,17-18H,2-3,6-9,12-15H2,(H,21,22,23). The topological polar surface area (TPSA) is 42.7 Å². The normalized spacial score (nSPS) is 20.2. The molecule has 1 N–H and O–H groups in total. The molecule has 4 nitrogen and oxygen atoms in total. The van der Waals surface area contributed by atoms with Crippen molar-refractivity contribution in [3.63, 3.8) is 0 Å². The number of hydrogen-bond donors (Lipinski definition) is 1. The minimum Gasteiger partial charge on any atom is -0.352 e. The van der Waals surface area contributed by atoms with Gasteiger partial charge in [0, 0.05) is 11.6 Å². The average Bonchev–Trinajstić information content (AvgIpc) is 3.08. The van der Waals surface area contributed by atoms with E-state index in [1.807, 2.05) is 6.07 Å². The number of hydrogen-bond acceptors (Lipinski definition) is 3. The largest absolute Gasteiger partial charge is 0.352 e. The maximum absolute atomic E-state index is 4.91. The molecule has 0 atom stereocenters. The Labute approximate surface area is 144 Å². The molecule has 1 aromatic heterocycles. The van der Waals surface area contributed by atoms with Crippen LogP contribution in [0, 0.1) is 0 Å². The molecule has 0 unspecified atom stereocenters. The van der Waals surface area contributed by atoms with Crippen molar-refractivity contribution in [1.82, 2.24) is 14.8 Å². The molecule has 0 spiro atoms. The lowest BCUT2D eigenvalue weighted by Crippen LogP contribution is -2.26. The second-order valence-electron chi connectivity index (χ2n) is 7.34. The molecule has 2 aliphatic rings. The number of benzene rings is 1. The molecule has 2 saturated carbocycles. The first-order valence-corrected chi connectivity index (χ1v) is 9.68. The zero-order chi connectivity index (χ0) is 16.2. The lowest BCUT2D eigenvalue weighted by atomic mass is 9.95. The van der Waals surface area contributed by atoms with Crippen LogP contribution >= 0.6 is 0 Å². The van der Waals surface area contributed by atoms with Crippen molar-refractivity contribution < 1.29 is 0 Å². The fourth-order valence-electron chi connectivity index (χ4n) is 4.14. The van der Waals surface area contributed by atoms with Gasteiger partial charge in [0.1, 0.15) is 0 Å². The van der Waals surface area contributed by atoms with Gasteiger partial charge in [0.15, 0.2) is 5.82 Å². The van der Waals surface area contributed by atoms with Crippen molar-refractivity contribution in [2.24, 2.45) is 0 Å². The van der Waals surface area contributed by atoms with Crippen LogP contribution in [-0.4, -0.2) is 20.8 Å². The van der Waals surface area contributed by atoms with Gasteiger partial charge in [0.25, 0.3) is 0 Å². The van der Waals surface area contributed by atoms with Crippen molar-refractivity contribution in [1.29, 1.82) is 0 Å². The van der Waals surface area contributed by atoms with Crippen LogP contribution in [0.1, 0.15) is 70.3 Å². The minimum absolute atomic E-state index is 0.509. The van der Waals surface area contributed by atoms with Crippen LogP contribution in [0.2, 0.25) is 0 Å². The summed E-state index contributed by atoms with van der Waals surface area (Å²) in [5, 5.41) is 8.64. The van der Waals surface area contributed by atoms with Crippen molar-refractivity contribution >= 4 is 5.95 Å². The van der Waals surface area contributed by atoms with Crippen molar-refractivity contribution in [3.8, 4) is 11.4 Å². The predicted octanol–water partition coefficient (Wildman–Crippen LogP) is 5.19. The third-order valence-electron chi connectivity index (χ3n) is 5.52. The van der Waals surface area contributed by atoms with Gasteiger partial charge in [-0.3, -0.25) is 0 Å². The number of anilines is 1. The summed E-state index contributed by atoms with van der Waals surface area (Å²) >= 11 is 0. The Bertz CT molecular complexity index is 637. The molecule has 4 heteroatoms. The number of nitrogens with one attached hydrogen (secondary N) is 1. The Kier molecular flexibility index (Phi) is 4.81. The second-order valence-corrected chi connectivity index (χ2v) is 7.34. The highest BCUT2D eigenvalue weighted by atomic mass is 15.4. The van der Waals surface area contributed by atoms with Gasteiger partial charge in [-0.25, -0.2) is 4.68 Å². The van der Waals surface area contributed by atoms with Crippen LogP contribution in [0.5, 0.6) is 0 Å². The monoisotopic (exact) mass is 324 g/mol. The molecular weight excluding hydrogens is 296 g/mol. The molecule has 0 radical (unpaired) electrons. The lowest BCUT2D eigenvalue weighted by molar-refractivity contribution is 0.330. The van der Waals surface area contributed by atoms with Gasteiger partial charge in [0.2, 0.25) is 5.95 Å². The fraction of sp³-hybridized carbons (Fsp3) is 0.600. The third-order valence-corrected chi connectivity index (χ3v) is 5.52. The van der Waals surface area contributed by atoms with Crippen LogP contribution in [0.4, 0.5) is 5.95 Å². The van der Waals surface area contributed by atoms with E-state index in [1.54, 1.807) is 0 Å². The van der Waals surface area contributed by atoms with Crippen molar-refractivity contribution in [2.75, 3.05) is 5.32 Å². The van der Waals surface area contributed by atoms with Crippen molar-refractivity contribution in [2.45, 2.75) is 76.3 Å². The second kappa shape index (κ2) is 7.37. The van der Waals surface area contributed by atoms with E-state index in [1.165, 1.54) is 64.2 Å². The fourth-order valence-corrected chi connectivity index (χ4v) is 4.14. The first-order valence-electron chi connectivity index (χ1n) is 9.68. The summed E-state index contributed by atoms with van der Waals surface area (Å²) < 4.78 is 2.20. The summed E-state index contributed by atoms with van der Waals surface area (Å²) in [5.41, 5.74) is 1.11. The summed E-state index contributed by atoms with van der Waals surface area (Å²) in [7, 11) is 0. The van der Waals surface area contributed by atoms with E-state index >= 15 is 0 Å². The number of nitrogens with zero attached hydrogens (tertiary/aromatic N) is 3. The molecule has 4 rings (SSSR count). The minimum atomic E-state index is 0.509. The maximum atomic E-state index is 4.91. The molecule has 0 saturated heterocycles. The highest BCUT2D eigenvalue weighted by Crippen LogP contribution is 2.32. The maximum Gasteiger partial charge on any atom is 0.222 e. The highest BCUT2D eigenvalue weighted by Gasteiger charge is 2.23. The average molecular weight is 324 g/mol. The first-order chi connectivity index (χ1) is 11.9. The molecule has 24 heavy (non-hydrogen) atoms. The smallest absolute Gasteiger partial charge is 0.222 e. The van der Waals surface area contributed by atoms with Crippen LogP contribution in [-0.2, 0) is 0 Å². The Morgan fingerprint density at radius 3 is 2.21 bits per heavy atom. The molecule has 2 aromatic rings. The summed E-state index contributed by atoms with van der Waals surface area (Å²) in [6.45, 7) is 0. The molecule has 0 amide bonds. The Balaban J connectivity index is 1.62. The zero-order valence-corrected chi connectivity index (χ0v) is 14.5. The quantitative estimate of drug-likeness (QED) is 0.841. The van der Waals surface area contributed by atoms with Gasteiger partial charge in [-0.15, -0.1) is 5.10 Å². The molecule has 2 aliphatic carbocycles. The van der Waals surface area contributed by atoms with E-state index in [-0.39, 0.29) is 0 Å². The molecule has 128 valence electrons.